The predicted molar refractivity (Wildman–Crippen MR) is 104 cm³/mol. The van der Waals surface area contributed by atoms with Gasteiger partial charge in [0.1, 0.15) is 0 Å². The quantitative estimate of drug-likeness (QED) is 0.480. The summed E-state index contributed by atoms with van der Waals surface area (Å²) < 4.78 is 27.3. The average molecular weight is 400 g/mol. The molecule has 0 aliphatic carbocycles. The van der Waals surface area contributed by atoms with Gasteiger partial charge in [-0.1, -0.05) is 36.4 Å². The molecule has 0 aliphatic rings. The second kappa shape index (κ2) is 7.65. The Bertz CT molecular complexity index is 1160. The van der Waals surface area contributed by atoms with Gasteiger partial charge in [-0.15, -0.1) is 0 Å². The van der Waals surface area contributed by atoms with E-state index in [0.717, 1.165) is 21.1 Å². The standard InChI is InChI=1S/C19H16N2O6S/c22-19(23)10-11-20(16-9-8-14-4-1-2-5-15(14)12-16)28(26,27)18-7-3-6-17(13-18)21(24)25/h1-9,12-13H,10-11H2,(H,22,23). The van der Waals surface area contributed by atoms with Crippen LogP contribution in [0.3, 0.4) is 0 Å². The van der Waals surface area contributed by atoms with Crippen LogP contribution in [0.15, 0.2) is 71.6 Å². The molecule has 0 aliphatic heterocycles. The number of hydrogen-bond acceptors (Lipinski definition) is 5. The number of fused-ring (bicyclic) bond motifs is 1. The van der Waals surface area contributed by atoms with Crippen LogP contribution in [-0.4, -0.2) is 31.0 Å². The van der Waals surface area contributed by atoms with E-state index < -0.39 is 27.3 Å². The first-order valence-corrected chi connectivity index (χ1v) is 9.71. The molecule has 0 heterocycles. The minimum Gasteiger partial charge on any atom is -0.481 e. The zero-order valence-electron chi connectivity index (χ0n) is 14.6. The summed E-state index contributed by atoms with van der Waals surface area (Å²) in [6.45, 7) is -0.307. The van der Waals surface area contributed by atoms with E-state index in [2.05, 4.69) is 0 Å². The van der Waals surface area contributed by atoms with Gasteiger partial charge < -0.3 is 5.11 Å². The van der Waals surface area contributed by atoms with Crippen LogP contribution in [0.5, 0.6) is 0 Å². The van der Waals surface area contributed by atoms with E-state index in [1.165, 1.54) is 18.2 Å². The number of aliphatic carboxylic acids is 1. The Morgan fingerprint density at radius 1 is 1.00 bits per heavy atom. The van der Waals surface area contributed by atoms with Crippen LogP contribution in [0, 0.1) is 10.1 Å². The Hall–Kier alpha value is -3.46. The summed E-state index contributed by atoms with van der Waals surface area (Å²) in [5.41, 5.74) is -0.0794. The van der Waals surface area contributed by atoms with E-state index in [9.17, 15) is 23.3 Å². The number of carbonyl (C=O) groups is 1. The van der Waals surface area contributed by atoms with Gasteiger partial charge in [-0.05, 0) is 29.0 Å². The minimum atomic E-state index is -4.21. The molecule has 3 aromatic rings. The van der Waals surface area contributed by atoms with Crippen LogP contribution in [0.1, 0.15) is 6.42 Å². The Balaban J connectivity index is 2.11. The van der Waals surface area contributed by atoms with Crippen molar-refractivity contribution < 1.29 is 23.2 Å². The van der Waals surface area contributed by atoms with Crippen LogP contribution in [-0.2, 0) is 14.8 Å². The number of rotatable bonds is 7. The van der Waals surface area contributed by atoms with Crippen molar-refractivity contribution in [3.63, 3.8) is 0 Å². The molecule has 0 atom stereocenters. The fraction of sp³-hybridized carbons (Fsp3) is 0.105. The zero-order valence-corrected chi connectivity index (χ0v) is 15.4. The number of sulfonamides is 1. The van der Waals surface area contributed by atoms with Crippen molar-refractivity contribution in [2.45, 2.75) is 11.3 Å². The smallest absolute Gasteiger partial charge is 0.305 e. The lowest BCUT2D eigenvalue weighted by molar-refractivity contribution is -0.385. The second-order valence-electron chi connectivity index (χ2n) is 6.01. The number of carboxylic acids is 1. The molecule has 3 aromatic carbocycles. The number of benzene rings is 3. The van der Waals surface area contributed by atoms with Gasteiger partial charge in [0.05, 0.1) is 21.9 Å². The molecule has 28 heavy (non-hydrogen) atoms. The lowest BCUT2D eigenvalue weighted by atomic mass is 10.1. The third-order valence-electron chi connectivity index (χ3n) is 4.17. The molecule has 3 rings (SSSR count). The summed E-state index contributed by atoms with van der Waals surface area (Å²) in [5.74, 6) is -1.15. The molecule has 0 bridgehead atoms. The summed E-state index contributed by atoms with van der Waals surface area (Å²) in [4.78, 5) is 21.1. The molecule has 0 saturated heterocycles. The van der Waals surface area contributed by atoms with E-state index in [-0.39, 0.29) is 22.8 Å². The molecule has 0 spiro atoms. The van der Waals surface area contributed by atoms with Gasteiger partial charge in [0.25, 0.3) is 15.7 Å². The minimum absolute atomic E-state index is 0.278. The monoisotopic (exact) mass is 400 g/mol. The zero-order chi connectivity index (χ0) is 20.3. The van der Waals surface area contributed by atoms with Crippen molar-refractivity contribution in [1.29, 1.82) is 0 Å². The van der Waals surface area contributed by atoms with Gasteiger partial charge >= 0.3 is 5.97 Å². The summed E-state index contributed by atoms with van der Waals surface area (Å²) in [7, 11) is -4.21. The predicted octanol–water partition coefficient (Wildman–Crippen LogP) is 3.42. The average Bonchev–Trinajstić information content (AvgIpc) is 2.67. The molecule has 0 radical (unpaired) electrons. The maximum Gasteiger partial charge on any atom is 0.305 e. The lowest BCUT2D eigenvalue weighted by Crippen LogP contribution is -2.33. The van der Waals surface area contributed by atoms with Crippen molar-refractivity contribution in [2.24, 2.45) is 0 Å². The van der Waals surface area contributed by atoms with Gasteiger partial charge in [-0.25, -0.2) is 8.42 Å². The third kappa shape index (κ3) is 3.94. The van der Waals surface area contributed by atoms with Crippen molar-refractivity contribution in [3.8, 4) is 0 Å². The van der Waals surface area contributed by atoms with E-state index in [1.54, 1.807) is 18.2 Å². The Morgan fingerprint density at radius 2 is 1.71 bits per heavy atom. The number of nitro groups is 1. The number of non-ortho nitro benzene ring substituents is 1. The van der Waals surface area contributed by atoms with Crippen molar-refractivity contribution in [2.75, 3.05) is 10.8 Å². The topological polar surface area (TPSA) is 118 Å². The SMILES string of the molecule is O=C(O)CCN(c1ccc2ccccc2c1)S(=O)(=O)c1cccc([N+](=O)[O-])c1. The molecule has 0 saturated carbocycles. The highest BCUT2D eigenvalue weighted by atomic mass is 32.2. The highest BCUT2D eigenvalue weighted by Gasteiger charge is 2.27. The summed E-state index contributed by atoms with van der Waals surface area (Å²) in [6.07, 6.45) is -0.416. The van der Waals surface area contributed by atoms with Crippen LogP contribution in [0.2, 0.25) is 0 Å². The molecule has 0 fully saturated rings. The number of hydrogen-bond donors (Lipinski definition) is 1. The first kappa shape index (κ1) is 19.3. The van der Waals surface area contributed by atoms with Crippen LogP contribution >= 0.6 is 0 Å². The molecular formula is C19H16N2O6S. The maximum atomic E-state index is 13.2. The normalized spacial score (nSPS) is 11.3. The maximum absolute atomic E-state index is 13.2. The fourth-order valence-electron chi connectivity index (χ4n) is 2.80. The van der Waals surface area contributed by atoms with E-state index in [4.69, 9.17) is 5.11 Å². The van der Waals surface area contributed by atoms with Gasteiger partial charge in [0.15, 0.2) is 0 Å². The largest absolute Gasteiger partial charge is 0.481 e. The van der Waals surface area contributed by atoms with E-state index in [0.29, 0.717) is 0 Å². The summed E-state index contributed by atoms with van der Waals surface area (Å²) >= 11 is 0. The van der Waals surface area contributed by atoms with E-state index >= 15 is 0 Å². The van der Waals surface area contributed by atoms with Crippen LogP contribution in [0.4, 0.5) is 11.4 Å². The molecule has 8 nitrogen and oxygen atoms in total. The van der Waals surface area contributed by atoms with Crippen molar-refractivity contribution in [1.82, 2.24) is 0 Å². The van der Waals surface area contributed by atoms with Gasteiger partial charge in [0, 0.05) is 18.7 Å². The van der Waals surface area contributed by atoms with E-state index in [1.807, 2.05) is 24.3 Å². The molecule has 0 aromatic heterocycles. The highest BCUT2D eigenvalue weighted by Crippen LogP contribution is 2.29. The molecule has 144 valence electrons. The van der Waals surface area contributed by atoms with Gasteiger partial charge in [-0.2, -0.15) is 0 Å². The lowest BCUT2D eigenvalue weighted by Gasteiger charge is -2.24. The number of carboxylic acid groups (broad SMARTS) is 1. The number of nitrogens with zero attached hydrogens (tertiary/aromatic N) is 2. The first-order chi connectivity index (χ1) is 13.3. The van der Waals surface area contributed by atoms with Crippen molar-refractivity contribution >= 4 is 38.1 Å². The molecule has 0 amide bonds. The fourth-order valence-corrected chi connectivity index (χ4v) is 4.30. The Morgan fingerprint density at radius 3 is 2.39 bits per heavy atom. The Labute approximate surface area is 160 Å². The third-order valence-corrected chi connectivity index (χ3v) is 5.99. The Kier molecular flexibility index (Phi) is 5.27. The van der Waals surface area contributed by atoms with Gasteiger partial charge in [-0.3, -0.25) is 19.2 Å². The summed E-state index contributed by atoms with van der Waals surface area (Å²) in [5, 5.41) is 21.7. The first-order valence-electron chi connectivity index (χ1n) is 8.27. The molecule has 0 unspecified atom stereocenters. The summed E-state index contributed by atoms with van der Waals surface area (Å²) in [6, 6.07) is 17.0. The van der Waals surface area contributed by atoms with Crippen LogP contribution < -0.4 is 4.31 Å². The molecular weight excluding hydrogens is 384 g/mol. The highest BCUT2D eigenvalue weighted by molar-refractivity contribution is 7.92. The molecule has 9 heteroatoms. The number of anilines is 1. The number of nitro benzene ring substituents is 1. The molecule has 1 N–H and O–H groups in total. The van der Waals surface area contributed by atoms with Crippen LogP contribution in [0.25, 0.3) is 10.8 Å². The van der Waals surface area contributed by atoms with Crippen molar-refractivity contribution in [3.05, 3.63) is 76.8 Å². The van der Waals surface area contributed by atoms with Gasteiger partial charge in [0.2, 0.25) is 0 Å². The second-order valence-corrected chi connectivity index (χ2v) is 7.87.